The second kappa shape index (κ2) is 37.4. The van der Waals surface area contributed by atoms with Crippen LogP contribution >= 0.6 is 0 Å². The second-order valence-electron chi connectivity index (χ2n) is 22.4. The number of nitrogens with zero attached hydrogens (tertiary/aromatic N) is 1. The van der Waals surface area contributed by atoms with E-state index in [2.05, 4.69) is 5.32 Å². The van der Waals surface area contributed by atoms with Gasteiger partial charge in [-0.05, 0) is 108 Å². The molecule has 0 aromatic heterocycles. The molecule has 464 valence electrons. The molecule has 20 nitrogen and oxygen atoms in total. The maximum absolute atomic E-state index is 14.8. The Bertz CT molecular complexity index is 2030. The van der Waals surface area contributed by atoms with E-state index in [9.17, 15) is 44.4 Å². The van der Waals surface area contributed by atoms with Crippen LogP contribution in [0.5, 0.6) is 0 Å². The summed E-state index contributed by atoms with van der Waals surface area (Å²) in [6, 6.07) is -1.28. The average molecular weight is 1150 g/mol. The van der Waals surface area contributed by atoms with Crippen molar-refractivity contribution >= 4 is 29.5 Å². The zero-order valence-electron chi connectivity index (χ0n) is 50.7. The number of likely N-dealkylation sites (N-methyl/N-ethyl adjacent to an activating group) is 1. The first-order valence-corrected chi connectivity index (χ1v) is 29.6. The predicted octanol–water partition coefficient (Wildman–Crippen LogP) is 6.38. The molecule has 16 atom stereocenters. The first kappa shape index (κ1) is 71.3. The summed E-state index contributed by atoms with van der Waals surface area (Å²) in [5.74, 6) is -8.59. The van der Waals surface area contributed by atoms with E-state index < -0.39 is 114 Å². The van der Waals surface area contributed by atoms with Gasteiger partial charge in [-0.1, -0.05) is 78.0 Å². The fraction of sp³-hybridized carbons (Fsp3) is 0.787. The van der Waals surface area contributed by atoms with Crippen LogP contribution in [0, 0.1) is 35.5 Å². The maximum Gasteiger partial charge on any atom is 0.407 e. The minimum absolute atomic E-state index is 0.00755. The molecule has 5 N–H and O–H groups in total. The summed E-state index contributed by atoms with van der Waals surface area (Å²) >= 11 is 0. The van der Waals surface area contributed by atoms with E-state index in [0.717, 1.165) is 10.5 Å². The van der Waals surface area contributed by atoms with Crippen molar-refractivity contribution in [1.82, 2.24) is 10.2 Å². The average Bonchev–Trinajstić information content (AvgIpc) is 3.65. The third-order valence-electron chi connectivity index (χ3n) is 16.0. The number of aliphatic hydroxyl groups excluding tert-OH is 3. The van der Waals surface area contributed by atoms with Gasteiger partial charge in [0.1, 0.15) is 30.5 Å². The van der Waals surface area contributed by atoms with Crippen molar-refractivity contribution < 1.29 is 87.0 Å². The van der Waals surface area contributed by atoms with Gasteiger partial charge in [0.15, 0.2) is 5.78 Å². The number of carbonyl (C=O) groups excluding carboxylic acids is 5. The van der Waals surface area contributed by atoms with Gasteiger partial charge in [-0.25, -0.2) is 9.59 Å². The number of fused-ring (bicyclic) bond motifs is 2. The highest BCUT2D eigenvalue weighted by Gasteiger charge is 2.54. The molecular formula is C61H102N2O18. The van der Waals surface area contributed by atoms with Crippen molar-refractivity contribution in [3.05, 3.63) is 47.6 Å². The van der Waals surface area contributed by atoms with Crippen molar-refractivity contribution in [1.29, 1.82) is 0 Å². The monoisotopic (exact) mass is 1150 g/mol. The van der Waals surface area contributed by atoms with Crippen LogP contribution in [0.15, 0.2) is 47.6 Å². The molecule has 0 aromatic rings. The van der Waals surface area contributed by atoms with Gasteiger partial charge in [-0.3, -0.25) is 14.4 Å². The molecule has 1 aliphatic carbocycles. The Hall–Kier alpha value is -3.93. The van der Waals surface area contributed by atoms with E-state index in [4.69, 9.17) is 42.6 Å². The number of cyclic esters (lactones) is 1. The standard InChI is InChI=1S/C61H102N2O18/c1-13-48-58(69)79-52(43(8)35-46-22-24-50(53(36-46)74-12)80-60(71)62-25-26-76-29-30-78-32-31-77-28-27-75-15-3)38-49(64)42(7)34-45(10)55(66)56(67)54(65)44(9)33-39(4)19-17-16-18-20-40(5)51(73-11)37-47-23-21-41(6)57(68)61(72,81-47)59(70)63(48)14-2/h16-20,34,39,41-44,46-53,55-56,64,66-67,72H,13-15,21-33,35-38H2,1-12H3,(H,62,71)/b18-16+,19-17+,40-20+,45-34+/t39-,41-,42-,43-,44-,46+,47+,48+,49-,50-,51+,52?,53-,55-,56+,61?/m1/s1. The van der Waals surface area contributed by atoms with Crippen LogP contribution in [0.1, 0.15) is 133 Å². The van der Waals surface area contributed by atoms with Gasteiger partial charge < -0.3 is 73.3 Å². The molecule has 81 heavy (non-hydrogen) atoms. The third kappa shape index (κ3) is 23.2. The first-order valence-electron chi connectivity index (χ1n) is 29.6. The number of methoxy groups -OCH3 is 2. The lowest BCUT2D eigenvalue weighted by molar-refractivity contribution is -0.230. The number of aliphatic hydroxyl groups is 4. The summed E-state index contributed by atoms with van der Waals surface area (Å²) < 4.78 is 51.9. The Kier molecular flexibility index (Phi) is 32.9. The number of carbonyl (C=O) groups is 5. The van der Waals surface area contributed by atoms with E-state index in [1.54, 1.807) is 61.8 Å². The summed E-state index contributed by atoms with van der Waals surface area (Å²) in [5.41, 5.74) is 1.09. The molecular weight excluding hydrogens is 1050 g/mol. The van der Waals surface area contributed by atoms with Crippen LogP contribution in [0.2, 0.25) is 0 Å². The highest BCUT2D eigenvalue weighted by Crippen LogP contribution is 2.37. The molecule has 1 saturated heterocycles. The van der Waals surface area contributed by atoms with E-state index in [1.807, 2.05) is 58.1 Å². The topological polar surface area (TPSA) is 265 Å². The summed E-state index contributed by atoms with van der Waals surface area (Å²) in [7, 11) is 3.10. The molecule has 2 amide bonds. The lowest BCUT2D eigenvalue weighted by atomic mass is 9.78. The van der Waals surface area contributed by atoms with Crippen molar-refractivity contribution in [2.75, 3.05) is 80.2 Å². The Labute approximate surface area is 482 Å². The molecule has 0 spiro atoms. The summed E-state index contributed by atoms with van der Waals surface area (Å²) in [4.78, 5) is 71.0. The minimum atomic E-state index is -2.92. The zero-order valence-corrected chi connectivity index (χ0v) is 50.7. The van der Waals surface area contributed by atoms with Gasteiger partial charge in [0, 0.05) is 64.5 Å². The van der Waals surface area contributed by atoms with Gasteiger partial charge in [0.05, 0.1) is 70.7 Å². The highest BCUT2D eigenvalue weighted by molar-refractivity contribution is 6.09. The lowest BCUT2D eigenvalue weighted by Gasteiger charge is -2.38. The fourth-order valence-electron chi connectivity index (χ4n) is 11.0. The number of rotatable bonds is 21. The normalized spacial score (nSPS) is 34.7. The van der Waals surface area contributed by atoms with Crippen molar-refractivity contribution in [3.8, 4) is 0 Å². The van der Waals surface area contributed by atoms with Gasteiger partial charge >= 0.3 is 17.8 Å². The highest BCUT2D eigenvalue weighted by atomic mass is 16.6. The number of esters is 1. The molecule has 2 unspecified atom stereocenters. The van der Waals surface area contributed by atoms with E-state index in [-0.39, 0.29) is 56.4 Å². The van der Waals surface area contributed by atoms with Crippen LogP contribution in [-0.2, 0) is 61.8 Å². The molecule has 1 saturated carbocycles. The van der Waals surface area contributed by atoms with Gasteiger partial charge in [-0.15, -0.1) is 0 Å². The molecule has 0 aromatic carbocycles. The Morgan fingerprint density at radius 1 is 0.765 bits per heavy atom. The smallest absolute Gasteiger partial charge is 0.407 e. The number of ether oxygens (including phenoxy) is 9. The van der Waals surface area contributed by atoms with Crippen molar-refractivity contribution in [2.45, 2.75) is 194 Å². The zero-order chi connectivity index (χ0) is 60.2. The van der Waals surface area contributed by atoms with Crippen LogP contribution in [-0.4, -0.2) is 196 Å². The number of hydrogen-bond acceptors (Lipinski definition) is 18. The first-order chi connectivity index (χ1) is 38.6. The van der Waals surface area contributed by atoms with Crippen LogP contribution in [0.3, 0.4) is 0 Å². The van der Waals surface area contributed by atoms with Crippen molar-refractivity contribution in [3.63, 3.8) is 0 Å². The number of hydrogen-bond donors (Lipinski definition) is 5. The molecule has 3 aliphatic rings. The van der Waals surface area contributed by atoms with E-state index >= 15 is 0 Å². The largest absolute Gasteiger partial charge is 0.460 e. The molecule has 20 heteroatoms. The van der Waals surface area contributed by atoms with Gasteiger partial charge in [-0.2, -0.15) is 0 Å². The molecule has 2 bridgehead atoms. The molecule has 2 aliphatic heterocycles. The second-order valence-corrected chi connectivity index (χ2v) is 22.4. The number of nitrogens with one attached hydrogen (secondary N) is 1. The van der Waals surface area contributed by atoms with Crippen molar-refractivity contribution in [2.24, 2.45) is 35.5 Å². The Morgan fingerprint density at radius 3 is 2.04 bits per heavy atom. The maximum atomic E-state index is 14.8. The molecule has 3 rings (SSSR count). The molecule has 2 heterocycles. The van der Waals surface area contributed by atoms with E-state index in [1.165, 1.54) is 0 Å². The van der Waals surface area contributed by atoms with Gasteiger partial charge in [0.2, 0.25) is 5.78 Å². The lowest BCUT2D eigenvalue weighted by Crippen LogP contribution is -2.61. The fourth-order valence-corrected chi connectivity index (χ4v) is 11.0. The minimum Gasteiger partial charge on any atom is -0.460 e. The predicted molar refractivity (Wildman–Crippen MR) is 305 cm³/mol. The summed E-state index contributed by atoms with van der Waals surface area (Å²) in [6.07, 6.45) is 6.04. The SMILES string of the molecule is CCOCCOCCOCCOCCNC(=O)O[C@@H]1CC[C@@H](C[C@@H](C)C2C[C@@H](O)[C@H](C)/C=C(\C)[C@@H](O)[C@@H](O)C(=O)[C@H](C)C[C@H](C)/C=C/C=C/C=C(\C)[C@@H](OC)C[C@@H]3CC[C@@H](C)C(=O)C(O)(O3)C(=O)N(CC)[C@@H](CC)C(=O)O2)C[C@H]1OC. The summed E-state index contributed by atoms with van der Waals surface area (Å²) in [5, 5.41) is 49.3. The Balaban J connectivity index is 1.88. The molecule has 2 fully saturated rings. The van der Waals surface area contributed by atoms with Crippen LogP contribution in [0.25, 0.3) is 0 Å². The van der Waals surface area contributed by atoms with Crippen LogP contribution < -0.4 is 5.32 Å². The summed E-state index contributed by atoms with van der Waals surface area (Å²) in [6.45, 7) is 21.3. The van der Waals surface area contributed by atoms with Crippen LogP contribution in [0.4, 0.5) is 4.79 Å². The van der Waals surface area contributed by atoms with Gasteiger partial charge in [0.25, 0.3) is 5.91 Å². The quantitative estimate of drug-likeness (QED) is 0.0361. The van der Waals surface area contributed by atoms with E-state index in [0.29, 0.717) is 91.2 Å². The molecule has 0 radical (unpaired) electrons. The number of ketones is 2. The number of allylic oxidation sites excluding steroid dienone is 5. The number of alkyl carbamates (subject to hydrolysis) is 1. The Morgan fingerprint density at radius 2 is 1.42 bits per heavy atom. The number of amides is 2. The third-order valence-corrected chi connectivity index (χ3v) is 16.0. The number of Topliss-reactive ketones (excluding diaryl/α,β-unsaturated/α-hetero) is 2.